The highest BCUT2D eigenvalue weighted by Gasteiger charge is 2.04. The standard InChI is InChI=1S/C11H25NO2/c1-10(2)5-7-14-8-6-11(12-3)9-13-4/h10-12H,5-9H2,1-4H3. The Balaban J connectivity index is 3.24. The van der Waals surface area contributed by atoms with Gasteiger partial charge in [0.05, 0.1) is 6.61 Å². The molecule has 1 atom stereocenters. The SMILES string of the molecule is CNC(CCOCCC(C)C)COC. The van der Waals surface area contributed by atoms with Crippen LogP contribution in [0.3, 0.4) is 0 Å². The maximum absolute atomic E-state index is 5.53. The Bertz CT molecular complexity index is 118. The Labute approximate surface area is 88.2 Å². The quantitative estimate of drug-likeness (QED) is 0.578. The van der Waals surface area contributed by atoms with Gasteiger partial charge in [-0.05, 0) is 25.8 Å². The van der Waals surface area contributed by atoms with Gasteiger partial charge < -0.3 is 14.8 Å². The smallest absolute Gasteiger partial charge is 0.0616 e. The molecule has 3 nitrogen and oxygen atoms in total. The van der Waals surface area contributed by atoms with E-state index in [1.54, 1.807) is 7.11 Å². The fourth-order valence-electron chi connectivity index (χ4n) is 1.16. The van der Waals surface area contributed by atoms with Crippen LogP contribution in [0, 0.1) is 5.92 Å². The average molecular weight is 203 g/mol. The lowest BCUT2D eigenvalue weighted by atomic mass is 10.1. The molecule has 0 fully saturated rings. The lowest BCUT2D eigenvalue weighted by Crippen LogP contribution is -2.31. The summed E-state index contributed by atoms with van der Waals surface area (Å²) < 4.78 is 10.6. The van der Waals surface area contributed by atoms with E-state index in [0.717, 1.165) is 38.6 Å². The molecule has 0 radical (unpaired) electrons. The minimum absolute atomic E-state index is 0.416. The van der Waals surface area contributed by atoms with Crippen molar-refractivity contribution in [2.75, 3.05) is 34.0 Å². The molecule has 0 aliphatic rings. The summed E-state index contributed by atoms with van der Waals surface area (Å²) in [5, 5.41) is 3.20. The fraction of sp³-hybridized carbons (Fsp3) is 1.00. The number of methoxy groups -OCH3 is 1. The van der Waals surface area contributed by atoms with Crippen molar-refractivity contribution >= 4 is 0 Å². The van der Waals surface area contributed by atoms with Gasteiger partial charge >= 0.3 is 0 Å². The third kappa shape index (κ3) is 8.48. The van der Waals surface area contributed by atoms with Crippen molar-refractivity contribution < 1.29 is 9.47 Å². The normalized spacial score (nSPS) is 13.5. The van der Waals surface area contributed by atoms with E-state index in [0.29, 0.717) is 6.04 Å². The molecular weight excluding hydrogens is 178 g/mol. The minimum Gasteiger partial charge on any atom is -0.383 e. The lowest BCUT2D eigenvalue weighted by Gasteiger charge is -2.15. The van der Waals surface area contributed by atoms with E-state index in [-0.39, 0.29) is 0 Å². The Kier molecular flexibility index (Phi) is 9.35. The van der Waals surface area contributed by atoms with E-state index in [4.69, 9.17) is 9.47 Å². The summed E-state index contributed by atoms with van der Waals surface area (Å²) in [4.78, 5) is 0. The van der Waals surface area contributed by atoms with Crippen LogP contribution in [-0.4, -0.2) is 40.0 Å². The van der Waals surface area contributed by atoms with Crippen LogP contribution < -0.4 is 5.32 Å². The molecule has 0 bridgehead atoms. The number of likely N-dealkylation sites (N-methyl/N-ethyl adjacent to an activating group) is 1. The average Bonchev–Trinajstić information content (AvgIpc) is 2.15. The zero-order valence-corrected chi connectivity index (χ0v) is 10.0. The van der Waals surface area contributed by atoms with Crippen LogP contribution >= 0.6 is 0 Å². The first-order valence-corrected chi connectivity index (χ1v) is 5.44. The summed E-state index contributed by atoms with van der Waals surface area (Å²) in [6, 6.07) is 0.416. The van der Waals surface area contributed by atoms with Gasteiger partial charge in [0.1, 0.15) is 0 Å². The third-order valence-electron chi connectivity index (χ3n) is 2.23. The maximum Gasteiger partial charge on any atom is 0.0616 e. The molecule has 14 heavy (non-hydrogen) atoms. The minimum atomic E-state index is 0.416. The van der Waals surface area contributed by atoms with Gasteiger partial charge in [-0.25, -0.2) is 0 Å². The van der Waals surface area contributed by atoms with Gasteiger partial charge in [-0.15, -0.1) is 0 Å². The van der Waals surface area contributed by atoms with Gasteiger partial charge in [-0.3, -0.25) is 0 Å². The second-order valence-electron chi connectivity index (χ2n) is 4.02. The second-order valence-corrected chi connectivity index (χ2v) is 4.02. The molecule has 0 aromatic heterocycles. The third-order valence-corrected chi connectivity index (χ3v) is 2.23. The molecule has 1 N–H and O–H groups in total. The van der Waals surface area contributed by atoms with Crippen molar-refractivity contribution in [3.8, 4) is 0 Å². The molecule has 0 saturated carbocycles. The summed E-state index contributed by atoms with van der Waals surface area (Å²) >= 11 is 0. The number of ether oxygens (including phenoxy) is 2. The van der Waals surface area contributed by atoms with E-state index in [1.165, 1.54) is 0 Å². The van der Waals surface area contributed by atoms with E-state index >= 15 is 0 Å². The maximum atomic E-state index is 5.53. The van der Waals surface area contributed by atoms with Crippen LogP contribution in [0.25, 0.3) is 0 Å². The molecule has 0 heterocycles. The molecule has 0 rings (SSSR count). The van der Waals surface area contributed by atoms with E-state index in [9.17, 15) is 0 Å². The molecular formula is C11H25NO2. The van der Waals surface area contributed by atoms with Crippen LogP contribution in [0.1, 0.15) is 26.7 Å². The van der Waals surface area contributed by atoms with E-state index < -0.39 is 0 Å². The van der Waals surface area contributed by atoms with Gasteiger partial charge in [-0.1, -0.05) is 13.8 Å². The predicted molar refractivity (Wildman–Crippen MR) is 59.6 cm³/mol. The van der Waals surface area contributed by atoms with E-state index in [1.807, 2.05) is 7.05 Å². The Morgan fingerprint density at radius 3 is 2.29 bits per heavy atom. The van der Waals surface area contributed by atoms with Crippen LogP contribution in [0.15, 0.2) is 0 Å². The topological polar surface area (TPSA) is 30.5 Å². The summed E-state index contributed by atoms with van der Waals surface area (Å²) in [6.07, 6.45) is 2.16. The van der Waals surface area contributed by atoms with E-state index in [2.05, 4.69) is 19.2 Å². The summed E-state index contributed by atoms with van der Waals surface area (Å²) in [5.41, 5.74) is 0. The molecule has 0 aliphatic carbocycles. The summed E-state index contributed by atoms with van der Waals surface area (Å²) in [6.45, 7) is 6.88. The number of rotatable bonds is 9. The summed E-state index contributed by atoms with van der Waals surface area (Å²) in [7, 11) is 3.68. The first-order chi connectivity index (χ1) is 6.70. The first-order valence-electron chi connectivity index (χ1n) is 5.44. The van der Waals surface area contributed by atoms with Crippen molar-refractivity contribution in [2.45, 2.75) is 32.7 Å². The lowest BCUT2D eigenvalue weighted by molar-refractivity contribution is 0.0983. The monoisotopic (exact) mass is 203 g/mol. The zero-order chi connectivity index (χ0) is 10.8. The van der Waals surface area contributed by atoms with Crippen LogP contribution in [0.2, 0.25) is 0 Å². The molecule has 0 amide bonds. The molecule has 1 unspecified atom stereocenters. The Hall–Kier alpha value is -0.120. The number of hydrogen-bond donors (Lipinski definition) is 1. The largest absolute Gasteiger partial charge is 0.383 e. The first kappa shape index (κ1) is 13.9. The van der Waals surface area contributed by atoms with Crippen LogP contribution in [0.4, 0.5) is 0 Å². The number of hydrogen-bond acceptors (Lipinski definition) is 3. The molecule has 0 aromatic rings. The van der Waals surface area contributed by atoms with Crippen LogP contribution in [-0.2, 0) is 9.47 Å². The van der Waals surface area contributed by atoms with Gasteiger partial charge in [0.15, 0.2) is 0 Å². The van der Waals surface area contributed by atoms with Gasteiger partial charge in [0.2, 0.25) is 0 Å². The van der Waals surface area contributed by atoms with Crippen molar-refractivity contribution in [3.63, 3.8) is 0 Å². The number of nitrogens with one attached hydrogen (secondary N) is 1. The Morgan fingerprint density at radius 1 is 1.14 bits per heavy atom. The zero-order valence-electron chi connectivity index (χ0n) is 10.0. The molecule has 3 heteroatoms. The molecule has 0 saturated heterocycles. The highest BCUT2D eigenvalue weighted by atomic mass is 16.5. The highest BCUT2D eigenvalue weighted by Crippen LogP contribution is 2.00. The van der Waals surface area contributed by atoms with Gasteiger partial charge in [0, 0.05) is 26.4 Å². The van der Waals surface area contributed by atoms with Crippen molar-refractivity contribution in [1.82, 2.24) is 5.32 Å². The van der Waals surface area contributed by atoms with Crippen molar-refractivity contribution in [1.29, 1.82) is 0 Å². The predicted octanol–water partition coefficient (Wildman–Crippen LogP) is 1.67. The van der Waals surface area contributed by atoms with Crippen LogP contribution in [0.5, 0.6) is 0 Å². The molecule has 0 spiro atoms. The highest BCUT2D eigenvalue weighted by molar-refractivity contribution is 4.62. The summed E-state index contributed by atoms with van der Waals surface area (Å²) in [5.74, 6) is 0.731. The van der Waals surface area contributed by atoms with Crippen molar-refractivity contribution in [2.24, 2.45) is 5.92 Å². The van der Waals surface area contributed by atoms with Gasteiger partial charge in [0.25, 0.3) is 0 Å². The second kappa shape index (κ2) is 9.44. The molecule has 0 aliphatic heterocycles. The van der Waals surface area contributed by atoms with Crippen molar-refractivity contribution in [3.05, 3.63) is 0 Å². The fourth-order valence-corrected chi connectivity index (χ4v) is 1.16. The van der Waals surface area contributed by atoms with Gasteiger partial charge in [-0.2, -0.15) is 0 Å². The Morgan fingerprint density at radius 2 is 1.79 bits per heavy atom. The molecule has 0 aromatic carbocycles. The molecule has 86 valence electrons.